The Morgan fingerprint density at radius 3 is 2.36 bits per heavy atom. The molecule has 1 atom stereocenters. The van der Waals surface area contributed by atoms with Crippen LogP contribution in [0.3, 0.4) is 0 Å². The molecule has 0 aliphatic heterocycles. The number of hydrogen-bond donors (Lipinski definition) is 0. The molecule has 0 fully saturated rings. The molecule has 0 N–H and O–H groups in total. The van der Waals surface area contributed by atoms with Crippen LogP contribution in [0.25, 0.3) is 10.4 Å². The number of carbonyl (C=O) groups excluding carboxylic acids is 2. The fraction of sp³-hybridized carbons (Fsp3) is 0.286. The van der Waals surface area contributed by atoms with E-state index in [0.717, 1.165) is 21.0 Å². The highest BCUT2D eigenvalue weighted by atomic mass is 32.1. The summed E-state index contributed by atoms with van der Waals surface area (Å²) in [6.45, 7) is 6.60. The Labute approximate surface area is 219 Å². The molecule has 36 heavy (non-hydrogen) atoms. The minimum absolute atomic E-state index is 0.0945. The Balaban J connectivity index is 1.68. The van der Waals surface area contributed by atoms with Gasteiger partial charge in [0.25, 0.3) is 5.91 Å². The summed E-state index contributed by atoms with van der Waals surface area (Å²) in [4.78, 5) is 38.5. The maximum atomic E-state index is 14.2. The topological polar surface area (TPSA) is 72.4 Å². The smallest absolute Gasteiger partial charge is 0.350 e. The quantitative estimate of drug-likeness (QED) is 0.224. The predicted molar refractivity (Wildman–Crippen MR) is 144 cm³/mol. The Kier molecular flexibility index (Phi) is 8.61. The molecule has 4 aromatic rings. The number of carbonyl (C=O) groups is 2. The number of nitrogens with zero attached hydrogens (tertiary/aromatic N) is 3. The first kappa shape index (κ1) is 25.7. The second-order valence-electron chi connectivity index (χ2n) is 8.94. The summed E-state index contributed by atoms with van der Waals surface area (Å²) in [5.41, 5.74) is 4.00. The van der Waals surface area contributed by atoms with Gasteiger partial charge in [-0.3, -0.25) is 9.78 Å². The van der Waals surface area contributed by atoms with Gasteiger partial charge in [0.1, 0.15) is 17.2 Å². The van der Waals surface area contributed by atoms with Gasteiger partial charge < -0.3 is 9.64 Å². The molecule has 186 valence electrons. The molecule has 1 amide bonds. The normalized spacial score (nSPS) is 11.9. The van der Waals surface area contributed by atoms with Gasteiger partial charge in [-0.15, -0.1) is 22.7 Å². The summed E-state index contributed by atoms with van der Waals surface area (Å²) < 4.78 is 5.69. The largest absolute Gasteiger partial charge is 0.459 e. The van der Waals surface area contributed by atoms with Crippen molar-refractivity contribution in [3.8, 4) is 10.4 Å². The van der Waals surface area contributed by atoms with Crippen LogP contribution in [0.2, 0.25) is 0 Å². The Morgan fingerprint density at radius 2 is 1.72 bits per heavy atom. The highest BCUT2D eigenvalue weighted by Gasteiger charge is 2.31. The van der Waals surface area contributed by atoms with E-state index < -0.39 is 5.97 Å². The van der Waals surface area contributed by atoms with E-state index in [-0.39, 0.29) is 24.5 Å². The lowest BCUT2D eigenvalue weighted by atomic mass is 10.0. The third kappa shape index (κ3) is 6.44. The molecular formula is C28H29N3O3S2. The standard InChI is InChI=1S/C28H29N3O3S2/c1-19(2)14-23(17-34-28(33)24-15-29-18-35-24)31(16-21-10-6-4-7-11-21)27(32)25-26(36-20(3)30-25)22-12-8-5-9-13-22/h4-13,15,18-19,23H,14,16-17H2,1-3H3. The summed E-state index contributed by atoms with van der Waals surface area (Å²) in [5.74, 6) is -0.302. The van der Waals surface area contributed by atoms with Gasteiger partial charge in [-0.05, 0) is 30.4 Å². The molecule has 4 rings (SSSR count). The second-order valence-corrected chi connectivity index (χ2v) is 11.0. The van der Waals surface area contributed by atoms with E-state index in [2.05, 4.69) is 23.8 Å². The van der Waals surface area contributed by atoms with Crippen LogP contribution in [0.5, 0.6) is 0 Å². The average Bonchev–Trinajstić information content (AvgIpc) is 3.56. The van der Waals surface area contributed by atoms with Gasteiger partial charge in [-0.1, -0.05) is 74.5 Å². The number of ether oxygens (including phenoxy) is 1. The third-order valence-corrected chi connectivity index (χ3v) is 7.43. The number of esters is 1. The zero-order valence-electron chi connectivity index (χ0n) is 20.6. The lowest BCUT2D eigenvalue weighted by Gasteiger charge is -2.32. The van der Waals surface area contributed by atoms with Crippen molar-refractivity contribution in [1.29, 1.82) is 0 Å². The molecule has 0 saturated heterocycles. The minimum atomic E-state index is -0.423. The van der Waals surface area contributed by atoms with E-state index in [0.29, 0.717) is 23.5 Å². The van der Waals surface area contributed by atoms with Crippen molar-refractivity contribution in [2.45, 2.75) is 39.8 Å². The van der Waals surface area contributed by atoms with Crippen LogP contribution in [0.1, 0.15) is 51.0 Å². The van der Waals surface area contributed by atoms with Crippen LogP contribution in [0.4, 0.5) is 0 Å². The molecule has 6 nitrogen and oxygen atoms in total. The molecular weight excluding hydrogens is 490 g/mol. The van der Waals surface area contributed by atoms with Crippen molar-refractivity contribution in [3.63, 3.8) is 0 Å². The van der Waals surface area contributed by atoms with Crippen LogP contribution in [0.15, 0.2) is 72.4 Å². The molecule has 0 radical (unpaired) electrons. The lowest BCUT2D eigenvalue weighted by Crippen LogP contribution is -2.44. The number of thiazole rings is 2. The molecule has 2 aromatic carbocycles. The lowest BCUT2D eigenvalue weighted by molar-refractivity contribution is 0.0273. The fourth-order valence-corrected chi connectivity index (χ4v) is 5.46. The number of aromatic nitrogens is 2. The Morgan fingerprint density at radius 1 is 1.03 bits per heavy atom. The van der Waals surface area contributed by atoms with Crippen LogP contribution < -0.4 is 0 Å². The van der Waals surface area contributed by atoms with Crippen molar-refractivity contribution < 1.29 is 14.3 Å². The van der Waals surface area contributed by atoms with E-state index in [9.17, 15) is 9.59 Å². The summed E-state index contributed by atoms with van der Waals surface area (Å²) in [6, 6.07) is 19.4. The molecule has 1 unspecified atom stereocenters. The van der Waals surface area contributed by atoms with E-state index in [1.807, 2.05) is 72.5 Å². The maximum absolute atomic E-state index is 14.2. The summed E-state index contributed by atoms with van der Waals surface area (Å²) in [6.07, 6.45) is 2.18. The highest BCUT2D eigenvalue weighted by Crippen LogP contribution is 2.32. The van der Waals surface area contributed by atoms with Crippen molar-refractivity contribution in [2.24, 2.45) is 5.92 Å². The van der Waals surface area contributed by atoms with E-state index >= 15 is 0 Å². The van der Waals surface area contributed by atoms with Crippen molar-refractivity contribution >= 4 is 34.6 Å². The molecule has 8 heteroatoms. The van der Waals surface area contributed by atoms with Gasteiger partial charge >= 0.3 is 5.97 Å². The number of amides is 1. The predicted octanol–water partition coefficient (Wildman–Crippen LogP) is 6.49. The van der Waals surface area contributed by atoms with Crippen molar-refractivity contribution in [1.82, 2.24) is 14.9 Å². The minimum Gasteiger partial charge on any atom is -0.459 e. The van der Waals surface area contributed by atoms with Gasteiger partial charge in [-0.25, -0.2) is 9.78 Å². The van der Waals surface area contributed by atoms with Gasteiger partial charge in [-0.2, -0.15) is 0 Å². The summed E-state index contributed by atoms with van der Waals surface area (Å²) in [5, 5.41) is 0.828. The van der Waals surface area contributed by atoms with Gasteiger partial charge in [0, 0.05) is 6.54 Å². The van der Waals surface area contributed by atoms with E-state index in [1.54, 1.807) is 5.51 Å². The number of benzene rings is 2. The molecule has 0 bridgehead atoms. The van der Waals surface area contributed by atoms with Crippen LogP contribution >= 0.6 is 22.7 Å². The molecule has 0 aliphatic carbocycles. The van der Waals surface area contributed by atoms with E-state index in [1.165, 1.54) is 28.9 Å². The van der Waals surface area contributed by atoms with Crippen LogP contribution in [-0.4, -0.2) is 39.4 Å². The maximum Gasteiger partial charge on any atom is 0.350 e. The van der Waals surface area contributed by atoms with Gasteiger partial charge in [0.2, 0.25) is 0 Å². The van der Waals surface area contributed by atoms with Crippen molar-refractivity contribution in [3.05, 3.63) is 93.5 Å². The summed E-state index contributed by atoms with van der Waals surface area (Å²) >= 11 is 2.75. The monoisotopic (exact) mass is 519 g/mol. The third-order valence-electron chi connectivity index (χ3n) is 5.65. The zero-order valence-corrected chi connectivity index (χ0v) is 22.2. The fourth-order valence-electron chi connectivity index (χ4n) is 4.03. The number of rotatable bonds is 10. The Hall–Kier alpha value is -3.36. The van der Waals surface area contributed by atoms with Crippen molar-refractivity contribution in [2.75, 3.05) is 6.61 Å². The second kappa shape index (κ2) is 12.1. The molecule has 2 aromatic heterocycles. The molecule has 0 spiro atoms. The number of hydrogen-bond acceptors (Lipinski definition) is 7. The van der Waals surface area contributed by atoms with Gasteiger partial charge in [0.05, 0.1) is 27.6 Å². The first-order chi connectivity index (χ1) is 17.4. The SMILES string of the molecule is Cc1nc(C(=O)N(Cc2ccccc2)C(COC(=O)c2cncs2)CC(C)C)c(-c2ccccc2)s1. The van der Waals surface area contributed by atoms with Crippen LogP contribution in [0, 0.1) is 12.8 Å². The van der Waals surface area contributed by atoms with Crippen LogP contribution in [-0.2, 0) is 11.3 Å². The first-order valence-corrected chi connectivity index (χ1v) is 13.5. The average molecular weight is 520 g/mol. The van der Waals surface area contributed by atoms with E-state index in [4.69, 9.17) is 4.74 Å². The first-order valence-electron chi connectivity index (χ1n) is 11.9. The number of aryl methyl sites for hydroxylation is 1. The van der Waals surface area contributed by atoms with Gasteiger partial charge in [0.15, 0.2) is 0 Å². The summed E-state index contributed by atoms with van der Waals surface area (Å²) in [7, 11) is 0. The highest BCUT2D eigenvalue weighted by molar-refractivity contribution is 7.15. The Bertz CT molecular complexity index is 1270. The molecule has 2 heterocycles. The molecule has 0 saturated carbocycles. The zero-order chi connectivity index (χ0) is 25.5. The molecule has 0 aliphatic rings.